The molecule has 3 aromatic rings. The first kappa shape index (κ1) is 21.2. The number of hydrogen-bond donors (Lipinski definition) is 0. The van der Waals surface area contributed by atoms with Gasteiger partial charge in [-0.1, -0.05) is 29.0 Å². The van der Waals surface area contributed by atoms with Gasteiger partial charge in [-0.05, 0) is 44.2 Å². The first-order chi connectivity index (χ1) is 13.9. The molecule has 1 heterocycles. The molecule has 0 radical (unpaired) electrons. The van der Waals surface area contributed by atoms with E-state index in [1.807, 2.05) is 6.92 Å². The van der Waals surface area contributed by atoms with E-state index in [2.05, 4.69) is 4.40 Å². The fourth-order valence-corrected chi connectivity index (χ4v) is 5.05. The number of hydrogen-bond acceptors (Lipinski definition) is 6. The zero-order valence-corrected chi connectivity index (χ0v) is 18.0. The third-order valence-corrected chi connectivity index (χ3v) is 6.67. The summed E-state index contributed by atoms with van der Waals surface area (Å²) in [6, 6.07) is 11.7. The number of aromatic nitrogens is 1. The van der Waals surface area contributed by atoms with Crippen LogP contribution in [-0.4, -0.2) is 39.3 Å². The minimum atomic E-state index is -3.88. The second kappa shape index (κ2) is 8.89. The minimum absolute atomic E-state index is 0.131. The highest BCUT2D eigenvalue weighted by atomic mass is 32.2. The van der Waals surface area contributed by atoms with Crippen molar-refractivity contribution in [3.8, 4) is 0 Å². The van der Waals surface area contributed by atoms with E-state index < -0.39 is 16.0 Å². The van der Waals surface area contributed by atoms with Crippen molar-refractivity contribution in [3.63, 3.8) is 0 Å². The van der Waals surface area contributed by atoms with E-state index in [0.717, 1.165) is 15.8 Å². The third kappa shape index (κ3) is 4.75. The Bertz CT molecular complexity index is 1190. The Morgan fingerprint density at radius 2 is 1.90 bits per heavy atom. The number of thiazole rings is 1. The van der Waals surface area contributed by atoms with Gasteiger partial charge in [0.15, 0.2) is 0 Å². The standard InChI is InChI=1S/C20H22N2O5S2/c1-4-27-19(23)15-7-10-17-18(13-15)28-20(22(17)11-12-26-3)21-29(24,25)16-8-5-14(2)6-9-16/h5-10,13H,4,11-12H2,1-3H3. The van der Waals surface area contributed by atoms with E-state index >= 15 is 0 Å². The quantitative estimate of drug-likeness (QED) is 0.533. The summed E-state index contributed by atoms with van der Waals surface area (Å²) in [6.07, 6.45) is 0. The van der Waals surface area contributed by atoms with Crippen LogP contribution in [0.15, 0.2) is 51.8 Å². The highest BCUT2D eigenvalue weighted by Gasteiger charge is 2.16. The molecular formula is C20H22N2O5S2. The smallest absolute Gasteiger partial charge is 0.338 e. The summed E-state index contributed by atoms with van der Waals surface area (Å²) < 4.78 is 42.4. The summed E-state index contributed by atoms with van der Waals surface area (Å²) in [6.45, 7) is 4.73. The van der Waals surface area contributed by atoms with Crippen LogP contribution in [0.2, 0.25) is 0 Å². The van der Waals surface area contributed by atoms with Crippen LogP contribution in [0.25, 0.3) is 10.2 Å². The minimum Gasteiger partial charge on any atom is -0.462 e. The molecule has 0 aliphatic carbocycles. The van der Waals surface area contributed by atoms with Gasteiger partial charge in [0.2, 0.25) is 4.80 Å². The zero-order chi connectivity index (χ0) is 21.0. The highest BCUT2D eigenvalue weighted by Crippen LogP contribution is 2.21. The molecule has 1 aromatic heterocycles. The molecule has 0 fully saturated rings. The van der Waals surface area contributed by atoms with Crippen molar-refractivity contribution >= 4 is 37.5 Å². The Morgan fingerprint density at radius 3 is 2.55 bits per heavy atom. The van der Waals surface area contributed by atoms with Crippen LogP contribution in [0.1, 0.15) is 22.8 Å². The molecule has 0 atom stereocenters. The second-order valence-corrected chi connectivity index (χ2v) is 8.92. The van der Waals surface area contributed by atoms with Gasteiger partial charge >= 0.3 is 5.97 Å². The summed E-state index contributed by atoms with van der Waals surface area (Å²) in [5, 5.41) is 0. The number of carbonyl (C=O) groups excluding carboxylic acids is 1. The van der Waals surface area contributed by atoms with Gasteiger partial charge in [0.05, 0.1) is 33.9 Å². The molecule has 0 bridgehead atoms. The van der Waals surface area contributed by atoms with Gasteiger partial charge in [0.25, 0.3) is 10.0 Å². The number of nitrogens with zero attached hydrogens (tertiary/aromatic N) is 2. The summed E-state index contributed by atoms with van der Waals surface area (Å²) in [5.74, 6) is -0.419. The van der Waals surface area contributed by atoms with Crippen LogP contribution in [0.4, 0.5) is 0 Å². The summed E-state index contributed by atoms with van der Waals surface area (Å²) in [4.78, 5) is 12.5. The van der Waals surface area contributed by atoms with Crippen LogP contribution in [0, 0.1) is 6.92 Å². The van der Waals surface area contributed by atoms with Crippen molar-refractivity contribution in [1.82, 2.24) is 4.57 Å². The molecule has 0 saturated carbocycles. The largest absolute Gasteiger partial charge is 0.462 e. The van der Waals surface area contributed by atoms with Gasteiger partial charge in [0.1, 0.15) is 0 Å². The van der Waals surface area contributed by atoms with Gasteiger partial charge in [0, 0.05) is 13.7 Å². The Labute approximate surface area is 173 Å². The topological polar surface area (TPSA) is 87.0 Å². The average molecular weight is 435 g/mol. The van der Waals surface area contributed by atoms with Crippen molar-refractivity contribution in [3.05, 3.63) is 58.4 Å². The molecule has 0 spiro atoms. The first-order valence-electron chi connectivity index (χ1n) is 9.03. The maximum atomic E-state index is 12.8. The lowest BCUT2D eigenvalue weighted by atomic mass is 10.2. The van der Waals surface area contributed by atoms with E-state index in [1.54, 1.807) is 61.1 Å². The predicted octanol–water partition coefficient (Wildman–Crippen LogP) is 3.12. The molecule has 9 heteroatoms. The fourth-order valence-electron chi connectivity index (χ4n) is 2.75. The maximum Gasteiger partial charge on any atom is 0.338 e. The van der Waals surface area contributed by atoms with Gasteiger partial charge in [-0.2, -0.15) is 8.42 Å². The Hall–Kier alpha value is -2.49. The summed E-state index contributed by atoms with van der Waals surface area (Å²) in [7, 11) is -2.30. The van der Waals surface area contributed by atoms with E-state index in [-0.39, 0.29) is 11.5 Å². The second-order valence-electron chi connectivity index (χ2n) is 6.31. The molecule has 0 saturated heterocycles. The van der Waals surface area contributed by atoms with Crippen LogP contribution in [0.5, 0.6) is 0 Å². The van der Waals surface area contributed by atoms with Gasteiger partial charge in [-0.25, -0.2) is 4.79 Å². The molecule has 0 amide bonds. The molecule has 29 heavy (non-hydrogen) atoms. The lowest BCUT2D eigenvalue weighted by Crippen LogP contribution is -2.19. The summed E-state index contributed by atoms with van der Waals surface area (Å²) in [5.41, 5.74) is 2.15. The number of aryl methyl sites for hydroxylation is 1. The number of esters is 1. The monoisotopic (exact) mass is 434 g/mol. The number of ether oxygens (including phenoxy) is 2. The highest BCUT2D eigenvalue weighted by molar-refractivity contribution is 7.90. The SMILES string of the molecule is CCOC(=O)c1ccc2c(c1)sc(=NS(=O)(=O)c1ccc(C)cc1)n2CCOC. The number of benzene rings is 2. The Kier molecular flexibility index (Phi) is 6.51. The van der Waals surface area contributed by atoms with E-state index in [1.165, 1.54) is 11.3 Å². The third-order valence-electron chi connectivity index (χ3n) is 4.23. The molecule has 0 aliphatic heterocycles. The molecule has 2 aromatic carbocycles. The van der Waals surface area contributed by atoms with Crippen LogP contribution in [0.3, 0.4) is 0 Å². The molecule has 0 aliphatic rings. The first-order valence-corrected chi connectivity index (χ1v) is 11.3. The van der Waals surface area contributed by atoms with Crippen LogP contribution >= 0.6 is 11.3 Å². The van der Waals surface area contributed by atoms with E-state index in [9.17, 15) is 13.2 Å². The Morgan fingerprint density at radius 1 is 1.17 bits per heavy atom. The average Bonchev–Trinajstić information content (AvgIpc) is 3.02. The predicted molar refractivity (Wildman–Crippen MR) is 112 cm³/mol. The number of carbonyl (C=O) groups is 1. The van der Waals surface area contributed by atoms with Crippen molar-refractivity contribution in [2.24, 2.45) is 4.40 Å². The number of fused-ring (bicyclic) bond motifs is 1. The van der Waals surface area contributed by atoms with Crippen molar-refractivity contribution in [2.45, 2.75) is 25.3 Å². The Balaban J connectivity index is 2.15. The van der Waals surface area contributed by atoms with E-state index in [0.29, 0.717) is 23.5 Å². The number of methoxy groups -OCH3 is 1. The van der Waals surface area contributed by atoms with E-state index in [4.69, 9.17) is 9.47 Å². The molecular weight excluding hydrogens is 412 g/mol. The summed E-state index contributed by atoms with van der Waals surface area (Å²) >= 11 is 1.20. The van der Waals surface area contributed by atoms with Gasteiger partial charge < -0.3 is 14.0 Å². The van der Waals surface area contributed by atoms with Crippen molar-refractivity contribution in [1.29, 1.82) is 0 Å². The lowest BCUT2D eigenvalue weighted by Gasteiger charge is -2.05. The lowest BCUT2D eigenvalue weighted by molar-refractivity contribution is 0.0526. The number of rotatable bonds is 7. The van der Waals surface area contributed by atoms with Gasteiger partial charge in [-0.15, -0.1) is 4.40 Å². The maximum absolute atomic E-state index is 12.8. The van der Waals surface area contributed by atoms with Gasteiger partial charge in [-0.3, -0.25) is 0 Å². The zero-order valence-electron chi connectivity index (χ0n) is 16.4. The van der Waals surface area contributed by atoms with Crippen LogP contribution in [-0.2, 0) is 26.0 Å². The fraction of sp³-hybridized carbons (Fsp3) is 0.300. The molecule has 0 unspecified atom stereocenters. The molecule has 154 valence electrons. The van der Waals surface area contributed by atoms with Crippen molar-refractivity contribution in [2.75, 3.05) is 20.3 Å². The van der Waals surface area contributed by atoms with Crippen LogP contribution < -0.4 is 4.80 Å². The molecule has 7 nitrogen and oxygen atoms in total. The molecule has 0 N–H and O–H groups in total. The normalized spacial score (nSPS) is 12.4. The number of sulfonamides is 1. The molecule has 3 rings (SSSR count). The van der Waals surface area contributed by atoms with Crippen molar-refractivity contribution < 1.29 is 22.7 Å².